The monoisotopic (exact) mass is 676 g/mol. The molecule has 2 heteroatoms. The minimum atomic E-state index is 1.18. The largest absolute Gasteiger partial charge is 0.309 e. The van der Waals surface area contributed by atoms with Crippen LogP contribution in [-0.2, 0) is 0 Å². The van der Waals surface area contributed by atoms with Crippen LogP contribution in [0.2, 0.25) is 0 Å². The zero-order valence-electron chi connectivity index (χ0n) is 29.4. The van der Waals surface area contributed by atoms with E-state index in [9.17, 15) is 0 Å². The van der Waals surface area contributed by atoms with E-state index in [1.54, 1.807) is 0 Å². The fourth-order valence-electron chi connectivity index (χ4n) is 7.97. The Morgan fingerprint density at radius 2 is 0.755 bits per heavy atom. The number of para-hydroxylation sites is 3. The maximum atomic E-state index is 2.38. The van der Waals surface area contributed by atoms with Gasteiger partial charge in [0.25, 0.3) is 0 Å². The molecule has 2 heterocycles. The lowest BCUT2D eigenvalue weighted by molar-refractivity contribution is 1.17. The minimum absolute atomic E-state index is 1.18. The fourth-order valence-corrected chi connectivity index (χ4v) is 7.97. The summed E-state index contributed by atoms with van der Waals surface area (Å²) in [6.07, 6.45) is 4.39. The molecule has 250 valence electrons. The molecule has 53 heavy (non-hydrogen) atoms. The predicted octanol–water partition coefficient (Wildman–Crippen LogP) is 13.7. The van der Waals surface area contributed by atoms with Crippen LogP contribution in [0.4, 0.5) is 0 Å². The van der Waals surface area contributed by atoms with Gasteiger partial charge in [0.05, 0.1) is 22.1 Å². The van der Waals surface area contributed by atoms with E-state index in [2.05, 4.69) is 216 Å². The summed E-state index contributed by atoms with van der Waals surface area (Å²) in [6.45, 7) is 2.15. The Balaban J connectivity index is 0.906. The molecule has 2 aromatic heterocycles. The van der Waals surface area contributed by atoms with Crippen LogP contribution in [0.5, 0.6) is 0 Å². The maximum Gasteiger partial charge on any atom is 0.0541 e. The van der Waals surface area contributed by atoms with Gasteiger partial charge in [-0.05, 0) is 107 Å². The number of aromatic nitrogens is 2. The molecule has 0 bridgehead atoms. The van der Waals surface area contributed by atoms with E-state index >= 15 is 0 Å². The summed E-state index contributed by atoms with van der Waals surface area (Å²) < 4.78 is 4.74. The van der Waals surface area contributed by atoms with Gasteiger partial charge in [-0.1, -0.05) is 140 Å². The van der Waals surface area contributed by atoms with Crippen LogP contribution in [0.3, 0.4) is 0 Å². The van der Waals surface area contributed by atoms with E-state index in [0.29, 0.717) is 0 Å². The number of hydrogen-bond donors (Lipinski definition) is 0. The van der Waals surface area contributed by atoms with Crippen LogP contribution in [0.1, 0.15) is 16.7 Å². The zero-order valence-corrected chi connectivity index (χ0v) is 29.4. The van der Waals surface area contributed by atoms with Gasteiger partial charge < -0.3 is 9.13 Å². The van der Waals surface area contributed by atoms with Gasteiger partial charge in [0.15, 0.2) is 0 Å². The number of nitrogens with zero attached hydrogens (tertiary/aromatic N) is 2. The van der Waals surface area contributed by atoms with Crippen LogP contribution in [-0.4, -0.2) is 9.13 Å². The predicted molar refractivity (Wildman–Crippen MR) is 226 cm³/mol. The Kier molecular flexibility index (Phi) is 7.40. The topological polar surface area (TPSA) is 9.86 Å². The van der Waals surface area contributed by atoms with E-state index < -0.39 is 0 Å². The number of rotatable bonds is 6. The van der Waals surface area contributed by atoms with E-state index in [-0.39, 0.29) is 0 Å². The van der Waals surface area contributed by atoms with Crippen LogP contribution in [0.25, 0.3) is 89.4 Å². The van der Waals surface area contributed by atoms with Crippen molar-refractivity contribution >= 4 is 55.8 Å². The van der Waals surface area contributed by atoms with Crippen molar-refractivity contribution in [2.24, 2.45) is 0 Å². The van der Waals surface area contributed by atoms with Gasteiger partial charge in [-0.2, -0.15) is 0 Å². The molecule has 0 amide bonds. The lowest BCUT2D eigenvalue weighted by Crippen LogP contribution is -1.94. The Bertz CT molecular complexity index is 2980. The third-order valence-corrected chi connectivity index (χ3v) is 10.6. The van der Waals surface area contributed by atoms with Gasteiger partial charge in [-0.3, -0.25) is 0 Å². The molecule has 0 aliphatic heterocycles. The second-order valence-electron chi connectivity index (χ2n) is 13.9. The van der Waals surface area contributed by atoms with Crippen LogP contribution >= 0.6 is 0 Å². The van der Waals surface area contributed by atoms with Crippen molar-refractivity contribution in [3.63, 3.8) is 0 Å². The SMILES string of the molecule is Cc1cccc(-n2c3ccccc3c3cc(-c4ccc(C=Cc5ccc(-c6ccc7c(c6)c6ccccc6n7-c6ccccc6)cc5)cc4)ccc32)c1. The van der Waals surface area contributed by atoms with Crippen molar-refractivity contribution in [3.8, 4) is 33.6 Å². The molecule has 0 aliphatic rings. The molecule has 0 radical (unpaired) electrons. The van der Waals surface area contributed by atoms with Gasteiger partial charge >= 0.3 is 0 Å². The molecule has 0 fully saturated rings. The summed E-state index contributed by atoms with van der Waals surface area (Å²) in [5.74, 6) is 0. The van der Waals surface area contributed by atoms with Crippen molar-refractivity contribution < 1.29 is 0 Å². The maximum absolute atomic E-state index is 2.38. The minimum Gasteiger partial charge on any atom is -0.309 e. The summed E-state index contributed by atoms with van der Waals surface area (Å²) in [6, 6.07) is 68.2. The van der Waals surface area contributed by atoms with Crippen molar-refractivity contribution in [1.82, 2.24) is 9.13 Å². The van der Waals surface area contributed by atoms with Gasteiger partial charge in [0.1, 0.15) is 0 Å². The summed E-state index contributed by atoms with van der Waals surface area (Å²) in [4.78, 5) is 0. The first-order valence-corrected chi connectivity index (χ1v) is 18.3. The molecule has 0 N–H and O–H groups in total. The summed E-state index contributed by atoms with van der Waals surface area (Å²) in [7, 11) is 0. The highest BCUT2D eigenvalue weighted by Crippen LogP contribution is 2.37. The summed E-state index contributed by atoms with van der Waals surface area (Å²) in [5.41, 5.74) is 15.7. The van der Waals surface area contributed by atoms with Gasteiger partial charge in [0, 0.05) is 32.9 Å². The highest BCUT2D eigenvalue weighted by Gasteiger charge is 2.14. The molecule has 8 aromatic carbocycles. The number of benzene rings is 8. The van der Waals surface area contributed by atoms with E-state index in [4.69, 9.17) is 0 Å². The van der Waals surface area contributed by atoms with Crippen molar-refractivity contribution in [2.75, 3.05) is 0 Å². The van der Waals surface area contributed by atoms with Crippen LogP contribution in [0.15, 0.2) is 188 Å². The second kappa shape index (κ2) is 12.7. The van der Waals surface area contributed by atoms with E-state index in [1.807, 2.05) is 0 Å². The van der Waals surface area contributed by atoms with E-state index in [0.717, 1.165) is 0 Å². The average Bonchev–Trinajstić information content (AvgIpc) is 3.73. The lowest BCUT2D eigenvalue weighted by atomic mass is 10.00. The normalized spacial score (nSPS) is 11.8. The highest BCUT2D eigenvalue weighted by molar-refractivity contribution is 6.11. The Labute approximate surface area is 309 Å². The van der Waals surface area contributed by atoms with Crippen LogP contribution < -0.4 is 0 Å². The molecular formula is C51H36N2. The zero-order chi connectivity index (χ0) is 35.3. The van der Waals surface area contributed by atoms with E-state index in [1.165, 1.54) is 93.9 Å². The van der Waals surface area contributed by atoms with Crippen LogP contribution in [0, 0.1) is 6.92 Å². The van der Waals surface area contributed by atoms with Gasteiger partial charge in [0.2, 0.25) is 0 Å². The van der Waals surface area contributed by atoms with Crippen molar-refractivity contribution in [3.05, 3.63) is 205 Å². The summed E-state index contributed by atoms with van der Waals surface area (Å²) in [5, 5.41) is 5.08. The Hall–Kier alpha value is -6.90. The smallest absolute Gasteiger partial charge is 0.0541 e. The second-order valence-corrected chi connectivity index (χ2v) is 13.9. The molecule has 0 spiro atoms. The molecule has 0 saturated carbocycles. The first-order chi connectivity index (χ1) is 26.2. The first-order valence-electron chi connectivity index (χ1n) is 18.3. The summed E-state index contributed by atoms with van der Waals surface area (Å²) >= 11 is 0. The highest BCUT2D eigenvalue weighted by atomic mass is 15.0. The third-order valence-electron chi connectivity index (χ3n) is 10.6. The molecule has 0 atom stereocenters. The van der Waals surface area contributed by atoms with Crippen molar-refractivity contribution in [2.45, 2.75) is 6.92 Å². The molecule has 0 unspecified atom stereocenters. The standard InChI is InChI=1S/C51H36N2/c1-35-10-9-13-43(32-35)53-49-17-8-6-15-45(49)47-34-41(29-31-51(47)53)39-26-22-37(23-27-39)19-18-36-20-24-38(25-21-36)40-28-30-50-46(33-40)44-14-5-7-16-48(44)52(50)42-11-3-2-4-12-42/h2-34H,1H3. The number of fused-ring (bicyclic) bond motifs is 6. The van der Waals surface area contributed by atoms with Crippen molar-refractivity contribution in [1.29, 1.82) is 0 Å². The number of hydrogen-bond acceptors (Lipinski definition) is 0. The third kappa shape index (κ3) is 5.44. The molecule has 0 aliphatic carbocycles. The lowest BCUT2D eigenvalue weighted by Gasteiger charge is -2.09. The molecule has 0 saturated heterocycles. The average molecular weight is 677 g/mol. The molecule has 10 aromatic rings. The first kappa shape index (κ1) is 30.9. The molecular weight excluding hydrogens is 641 g/mol. The number of aryl methyl sites for hydroxylation is 1. The Morgan fingerprint density at radius 1 is 0.321 bits per heavy atom. The Morgan fingerprint density at radius 3 is 1.28 bits per heavy atom. The fraction of sp³-hybridized carbons (Fsp3) is 0.0196. The molecule has 10 rings (SSSR count). The quantitative estimate of drug-likeness (QED) is 0.155. The van der Waals surface area contributed by atoms with Gasteiger partial charge in [-0.15, -0.1) is 0 Å². The van der Waals surface area contributed by atoms with Gasteiger partial charge in [-0.25, -0.2) is 0 Å². The molecule has 2 nitrogen and oxygen atoms in total.